The first-order valence-corrected chi connectivity index (χ1v) is 10.0. The lowest BCUT2D eigenvalue weighted by atomic mass is 9.96. The highest BCUT2D eigenvalue weighted by atomic mass is 35.5. The molecule has 1 unspecified atom stereocenters. The zero-order valence-corrected chi connectivity index (χ0v) is 17.7. The SMILES string of the molecule is CCCC1OC(C)(C)O[C@]1(OCc1ccccc1C)c1ccc(Cl)cc1Cl. The Bertz CT molecular complexity index is 806. The van der Waals surface area contributed by atoms with E-state index in [0.717, 1.165) is 24.0 Å². The third kappa shape index (κ3) is 4.33. The van der Waals surface area contributed by atoms with Gasteiger partial charge >= 0.3 is 0 Å². The molecule has 0 amide bonds. The average molecular weight is 409 g/mol. The van der Waals surface area contributed by atoms with E-state index in [4.69, 9.17) is 37.4 Å². The Morgan fingerprint density at radius 1 is 1.11 bits per heavy atom. The maximum absolute atomic E-state index is 6.57. The van der Waals surface area contributed by atoms with Crippen molar-refractivity contribution >= 4 is 23.2 Å². The topological polar surface area (TPSA) is 27.7 Å². The molecule has 1 aliphatic rings. The van der Waals surface area contributed by atoms with Crippen LogP contribution < -0.4 is 0 Å². The molecule has 1 fully saturated rings. The first kappa shape index (κ1) is 20.6. The van der Waals surface area contributed by atoms with Gasteiger partial charge in [0, 0.05) is 10.6 Å². The second-order valence-corrected chi connectivity index (χ2v) is 8.25. The van der Waals surface area contributed by atoms with Crippen molar-refractivity contribution < 1.29 is 14.2 Å². The zero-order valence-electron chi connectivity index (χ0n) is 16.2. The van der Waals surface area contributed by atoms with Gasteiger partial charge in [0.05, 0.1) is 11.6 Å². The Morgan fingerprint density at radius 2 is 1.85 bits per heavy atom. The molecular weight excluding hydrogens is 383 g/mol. The first-order valence-electron chi connectivity index (χ1n) is 9.29. The lowest BCUT2D eigenvalue weighted by molar-refractivity contribution is -0.270. The maximum Gasteiger partial charge on any atom is 0.226 e. The Morgan fingerprint density at radius 3 is 2.52 bits per heavy atom. The summed E-state index contributed by atoms with van der Waals surface area (Å²) in [5.41, 5.74) is 3.01. The van der Waals surface area contributed by atoms with Crippen LogP contribution in [0.5, 0.6) is 0 Å². The molecule has 3 nitrogen and oxygen atoms in total. The van der Waals surface area contributed by atoms with Crippen LogP contribution in [0.15, 0.2) is 42.5 Å². The van der Waals surface area contributed by atoms with E-state index in [1.807, 2.05) is 32.0 Å². The molecule has 2 atom stereocenters. The number of benzene rings is 2. The second-order valence-electron chi connectivity index (χ2n) is 7.40. The molecule has 1 aliphatic heterocycles. The summed E-state index contributed by atoms with van der Waals surface area (Å²) in [5, 5.41) is 1.08. The van der Waals surface area contributed by atoms with Crippen LogP contribution >= 0.6 is 23.2 Å². The van der Waals surface area contributed by atoms with Crippen LogP contribution in [0.1, 0.15) is 50.3 Å². The van der Waals surface area contributed by atoms with E-state index in [-0.39, 0.29) is 6.10 Å². The van der Waals surface area contributed by atoms with Crippen LogP contribution in [-0.2, 0) is 26.6 Å². The summed E-state index contributed by atoms with van der Waals surface area (Å²) >= 11 is 12.7. The summed E-state index contributed by atoms with van der Waals surface area (Å²) < 4.78 is 19.1. The molecule has 146 valence electrons. The van der Waals surface area contributed by atoms with E-state index in [0.29, 0.717) is 16.7 Å². The van der Waals surface area contributed by atoms with Gasteiger partial charge in [0.15, 0.2) is 5.79 Å². The minimum atomic E-state index is -1.09. The molecule has 2 aromatic carbocycles. The van der Waals surface area contributed by atoms with Gasteiger partial charge in [-0.05, 0) is 50.5 Å². The van der Waals surface area contributed by atoms with Gasteiger partial charge in [0.2, 0.25) is 5.79 Å². The first-order chi connectivity index (χ1) is 12.8. The van der Waals surface area contributed by atoms with Crippen molar-refractivity contribution in [3.63, 3.8) is 0 Å². The van der Waals surface area contributed by atoms with Gasteiger partial charge in [-0.2, -0.15) is 0 Å². The molecule has 0 saturated carbocycles. The van der Waals surface area contributed by atoms with Crippen LogP contribution in [0.2, 0.25) is 10.0 Å². The number of hydrogen-bond donors (Lipinski definition) is 0. The van der Waals surface area contributed by atoms with E-state index in [2.05, 4.69) is 26.0 Å². The van der Waals surface area contributed by atoms with Gasteiger partial charge in [-0.25, -0.2) is 0 Å². The fourth-order valence-electron chi connectivity index (χ4n) is 3.54. The highest BCUT2D eigenvalue weighted by Crippen LogP contribution is 2.49. The Kier molecular flexibility index (Phi) is 6.19. The fraction of sp³-hybridized carbons (Fsp3) is 0.455. The second kappa shape index (κ2) is 8.10. The normalized spacial score (nSPS) is 24.3. The van der Waals surface area contributed by atoms with Crippen molar-refractivity contribution in [1.82, 2.24) is 0 Å². The third-order valence-electron chi connectivity index (χ3n) is 4.81. The molecule has 0 radical (unpaired) electrons. The number of ether oxygens (including phenoxy) is 3. The molecule has 3 rings (SSSR count). The smallest absolute Gasteiger partial charge is 0.226 e. The lowest BCUT2D eigenvalue weighted by Crippen LogP contribution is -2.40. The molecule has 0 aromatic heterocycles. The van der Waals surface area contributed by atoms with Crippen molar-refractivity contribution in [2.45, 2.75) is 64.8 Å². The van der Waals surface area contributed by atoms with Crippen LogP contribution in [0, 0.1) is 6.92 Å². The number of halogens is 2. The third-order valence-corrected chi connectivity index (χ3v) is 5.36. The quantitative estimate of drug-likeness (QED) is 0.536. The summed E-state index contributed by atoms with van der Waals surface area (Å²) in [6, 6.07) is 13.5. The minimum Gasteiger partial charge on any atom is -0.341 e. The van der Waals surface area contributed by atoms with E-state index < -0.39 is 11.6 Å². The largest absolute Gasteiger partial charge is 0.341 e. The summed E-state index contributed by atoms with van der Waals surface area (Å²) in [4.78, 5) is 0. The highest BCUT2D eigenvalue weighted by molar-refractivity contribution is 6.35. The maximum atomic E-state index is 6.57. The molecule has 5 heteroatoms. The van der Waals surface area contributed by atoms with Crippen molar-refractivity contribution in [3.8, 4) is 0 Å². The fourth-order valence-corrected chi connectivity index (χ4v) is 4.08. The molecule has 1 heterocycles. The highest BCUT2D eigenvalue weighted by Gasteiger charge is 2.56. The number of hydrogen-bond acceptors (Lipinski definition) is 3. The Labute approximate surface area is 171 Å². The minimum absolute atomic E-state index is 0.278. The van der Waals surface area contributed by atoms with Gasteiger partial charge in [-0.3, -0.25) is 0 Å². The monoisotopic (exact) mass is 408 g/mol. The van der Waals surface area contributed by atoms with E-state index in [1.165, 1.54) is 5.56 Å². The molecule has 0 bridgehead atoms. The standard InChI is InChI=1S/C22H26Cl2O3/c1-5-8-20-22(27-21(3,4)26-20,18-12-11-17(23)13-19(18)24)25-14-16-10-7-6-9-15(16)2/h6-7,9-13,20H,5,8,14H2,1-4H3/t20?,22-/m1/s1. The van der Waals surface area contributed by atoms with Gasteiger partial charge < -0.3 is 14.2 Å². The van der Waals surface area contributed by atoms with Crippen molar-refractivity contribution in [1.29, 1.82) is 0 Å². The predicted molar refractivity (Wildman–Crippen MR) is 109 cm³/mol. The molecule has 1 saturated heterocycles. The Balaban J connectivity index is 2.04. The van der Waals surface area contributed by atoms with Crippen molar-refractivity contribution in [2.75, 3.05) is 0 Å². The van der Waals surface area contributed by atoms with Crippen LogP contribution in [0.25, 0.3) is 0 Å². The van der Waals surface area contributed by atoms with E-state index >= 15 is 0 Å². The van der Waals surface area contributed by atoms with Gasteiger partial charge in [0.25, 0.3) is 0 Å². The summed E-state index contributed by atoms with van der Waals surface area (Å²) in [6.07, 6.45) is 1.45. The van der Waals surface area contributed by atoms with Gasteiger partial charge in [-0.1, -0.05) is 66.9 Å². The average Bonchev–Trinajstić information content (AvgIpc) is 2.85. The van der Waals surface area contributed by atoms with Crippen molar-refractivity contribution in [2.24, 2.45) is 0 Å². The number of aryl methyl sites for hydroxylation is 1. The van der Waals surface area contributed by atoms with Gasteiger partial charge in [-0.15, -0.1) is 0 Å². The van der Waals surface area contributed by atoms with Crippen LogP contribution in [0.4, 0.5) is 0 Å². The summed E-state index contributed by atoms with van der Waals surface area (Å²) in [6.45, 7) is 8.38. The summed E-state index contributed by atoms with van der Waals surface area (Å²) in [5.74, 6) is -1.88. The lowest BCUT2D eigenvalue weighted by Gasteiger charge is -2.34. The zero-order chi connectivity index (χ0) is 19.7. The van der Waals surface area contributed by atoms with E-state index in [9.17, 15) is 0 Å². The van der Waals surface area contributed by atoms with Crippen molar-refractivity contribution in [3.05, 3.63) is 69.2 Å². The molecule has 27 heavy (non-hydrogen) atoms. The summed E-state index contributed by atoms with van der Waals surface area (Å²) in [7, 11) is 0. The number of rotatable bonds is 6. The predicted octanol–water partition coefficient (Wildman–Crippen LogP) is 6.62. The van der Waals surface area contributed by atoms with Gasteiger partial charge in [0.1, 0.15) is 6.10 Å². The van der Waals surface area contributed by atoms with E-state index in [1.54, 1.807) is 12.1 Å². The van der Waals surface area contributed by atoms with Crippen LogP contribution in [-0.4, -0.2) is 11.9 Å². The molecule has 0 spiro atoms. The molecular formula is C22H26Cl2O3. The molecule has 2 aromatic rings. The molecule has 0 N–H and O–H groups in total. The van der Waals surface area contributed by atoms with Crippen LogP contribution in [0.3, 0.4) is 0 Å². The Hall–Kier alpha value is -1.10. The molecule has 0 aliphatic carbocycles.